The number of benzene rings is 1. The van der Waals surface area contributed by atoms with E-state index in [2.05, 4.69) is 4.72 Å². The summed E-state index contributed by atoms with van der Waals surface area (Å²) in [4.78, 5) is 10.6. The Bertz CT molecular complexity index is 575. The van der Waals surface area contributed by atoms with E-state index in [0.717, 1.165) is 6.92 Å². The van der Waals surface area contributed by atoms with Crippen LogP contribution in [0.5, 0.6) is 0 Å². The number of halogens is 1. The van der Waals surface area contributed by atoms with Crippen LogP contribution in [0.4, 0.5) is 4.39 Å². The largest absolute Gasteiger partial charge is 0.480 e. The number of carbonyl (C=O) groups is 1. The Morgan fingerprint density at radius 3 is 2.26 bits per heavy atom. The molecule has 1 aromatic carbocycles. The van der Waals surface area contributed by atoms with Gasteiger partial charge in [-0.25, -0.2) is 17.5 Å². The monoisotopic (exact) mass is 289 g/mol. The molecular formula is C12H16FNO4S. The summed E-state index contributed by atoms with van der Waals surface area (Å²) >= 11 is 0. The topological polar surface area (TPSA) is 83.5 Å². The maximum atomic E-state index is 13.4. The lowest BCUT2D eigenvalue weighted by Gasteiger charge is -2.11. The number of carboxylic acid groups (broad SMARTS) is 1. The Morgan fingerprint density at radius 2 is 1.84 bits per heavy atom. The van der Waals surface area contributed by atoms with E-state index in [4.69, 9.17) is 5.11 Å². The van der Waals surface area contributed by atoms with Gasteiger partial charge in [-0.3, -0.25) is 4.79 Å². The number of hydrogen-bond donors (Lipinski definition) is 2. The van der Waals surface area contributed by atoms with E-state index in [0.29, 0.717) is 16.7 Å². The van der Waals surface area contributed by atoms with Gasteiger partial charge < -0.3 is 5.11 Å². The number of aryl methyl sites for hydroxylation is 2. The molecule has 7 heteroatoms. The molecular weight excluding hydrogens is 273 g/mol. The average molecular weight is 289 g/mol. The van der Waals surface area contributed by atoms with Crippen LogP contribution in [0.15, 0.2) is 12.1 Å². The highest BCUT2D eigenvalue weighted by molar-refractivity contribution is 7.90. The van der Waals surface area contributed by atoms with E-state index in [1.54, 1.807) is 13.8 Å². The second-order valence-corrected chi connectivity index (χ2v) is 6.48. The van der Waals surface area contributed by atoms with Crippen molar-refractivity contribution in [1.29, 1.82) is 0 Å². The summed E-state index contributed by atoms with van der Waals surface area (Å²) < 4.78 is 38.8. The quantitative estimate of drug-likeness (QED) is 0.856. The molecule has 2 N–H and O–H groups in total. The molecule has 1 aromatic rings. The van der Waals surface area contributed by atoms with Crippen LogP contribution in [-0.4, -0.2) is 24.7 Å². The second-order valence-electron chi connectivity index (χ2n) is 4.39. The number of hydrogen-bond acceptors (Lipinski definition) is 3. The third-order valence-electron chi connectivity index (χ3n) is 2.79. The minimum Gasteiger partial charge on any atom is -0.480 e. The minimum absolute atomic E-state index is 0.0675. The molecule has 0 spiro atoms. The van der Waals surface area contributed by atoms with Crippen LogP contribution in [0.2, 0.25) is 0 Å². The van der Waals surface area contributed by atoms with Crippen LogP contribution in [0, 0.1) is 19.7 Å². The minimum atomic E-state index is -3.94. The molecule has 0 amide bonds. The first-order valence-corrected chi connectivity index (χ1v) is 7.16. The molecule has 1 unspecified atom stereocenters. The maximum Gasteiger partial charge on any atom is 0.323 e. The summed E-state index contributed by atoms with van der Waals surface area (Å²) in [5.74, 6) is -1.75. The van der Waals surface area contributed by atoms with Crippen LogP contribution >= 0.6 is 0 Å². The van der Waals surface area contributed by atoms with E-state index >= 15 is 0 Å². The Morgan fingerprint density at radius 1 is 1.37 bits per heavy atom. The first-order chi connectivity index (χ1) is 8.65. The van der Waals surface area contributed by atoms with Gasteiger partial charge in [-0.05, 0) is 37.5 Å². The maximum absolute atomic E-state index is 13.4. The van der Waals surface area contributed by atoms with E-state index in [1.807, 2.05) is 0 Å². The first kappa shape index (κ1) is 15.6. The zero-order chi connectivity index (χ0) is 14.8. The molecule has 0 aromatic heterocycles. The Balaban J connectivity index is 2.86. The SMILES string of the molecule is Cc1cc(CNS(=O)(=O)C(C)C(=O)O)cc(C)c1F. The predicted octanol–water partition coefficient (Wildman–Crippen LogP) is 1.34. The number of carboxylic acids is 1. The summed E-state index contributed by atoms with van der Waals surface area (Å²) in [5, 5.41) is 7.14. The molecule has 0 aliphatic heterocycles. The van der Waals surface area contributed by atoms with E-state index in [1.165, 1.54) is 12.1 Å². The lowest BCUT2D eigenvalue weighted by molar-refractivity contribution is -0.136. The molecule has 5 nitrogen and oxygen atoms in total. The van der Waals surface area contributed by atoms with Gasteiger partial charge in [0.2, 0.25) is 10.0 Å². The molecule has 1 rings (SSSR count). The first-order valence-electron chi connectivity index (χ1n) is 5.62. The number of rotatable bonds is 5. The lowest BCUT2D eigenvalue weighted by atomic mass is 10.1. The van der Waals surface area contributed by atoms with Gasteiger partial charge in [-0.1, -0.05) is 12.1 Å². The lowest BCUT2D eigenvalue weighted by Crippen LogP contribution is -2.37. The summed E-state index contributed by atoms with van der Waals surface area (Å²) in [6.07, 6.45) is 0. The van der Waals surface area contributed by atoms with E-state index in [-0.39, 0.29) is 12.4 Å². The van der Waals surface area contributed by atoms with Crippen LogP contribution in [0.1, 0.15) is 23.6 Å². The fourth-order valence-corrected chi connectivity index (χ4v) is 2.46. The van der Waals surface area contributed by atoms with E-state index in [9.17, 15) is 17.6 Å². The highest BCUT2D eigenvalue weighted by Gasteiger charge is 2.27. The van der Waals surface area contributed by atoms with Crippen LogP contribution in [-0.2, 0) is 21.4 Å². The second kappa shape index (κ2) is 5.66. The average Bonchev–Trinajstić information content (AvgIpc) is 2.32. The molecule has 19 heavy (non-hydrogen) atoms. The van der Waals surface area contributed by atoms with E-state index < -0.39 is 21.2 Å². The molecule has 0 saturated carbocycles. The fourth-order valence-electron chi connectivity index (χ4n) is 1.58. The molecule has 1 atom stereocenters. The van der Waals surface area contributed by atoms with Gasteiger partial charge >= 0.3 is 5.97 Å². The molecule has 0 aliphatic rings. The zero-order valence-electron chi connectivity index (χ0n) is 10.9. The van der Waals surface area contributed by atoms with Gasteiger partial charge in [-0.2, -0.15) is 0 Å². The number of nitrogens with one attached hydrogen (secondary N) is 1. The van der Waals surface area contributed by atoms with Crippen molar-refractivity contribution in [2.45, 2.75) is 32.6 Å². The molecule has 106 valence electrons. The normalized spacial score (nSPS) is 13.3. The number of aliphatic carboxylic acids is 1. The summed E-state index contributed by atoms with van der Waals surface area (Å²) in [6, 6.07) is 3.05. The fraction of sp³-hybridized carbons (Fsp3) is 0.417. The number of sulfonamides is 1. The zero-order valence-corrected chi connectivity index (χ0v) is 11.7. The van der Waals surface area contributed by atoms with Gasteiger partial charge in [0.1, 0.15) is 5.82 Å². The van der Waals surface area contributed by atoms with Crippen LogP contribution in [0.3, 0.4) is 0 Å². The van der Waals surface area contributed by atoms with Crippen LogP contribution in [0.25, 0.3) is 0 Å². The summed E-state index contributed by atoms with van der Waals surface area (Å²) in [7, 11) is -3.94. The highest BCUT2D eigenvalue weighted by Crippen LogP contribution is 2.15. The third-order valence-corrected chi connectivity index (χ3v) is 4.47. The van der Waals surface area contributed by atoms with Crippen molar-refractivity contribution in [2.24, 2.45) is 0 Å². The molecule has 0 fully saturated rings. The molecule has 0 aliphatic carbocycles. The van der Waals surface area contributed by atoms with Gasteiger partial charge in [0.05, 0.1) is 0 Å². The van der Waals surface area contributed by atoms with Crippen molar-refractivity contribution in [3.8, 4) is 0 Å². The van der Waals surface area contributed by atoms with Crippen molar-refractivity contribution < 1.29 is 22.7 Å². The molecule has 0 saturated heterocycles. The Labute approximate surface area is 111 Å². The van der Waals surface area contributed by atoms with Gasteiger partial charge in [-0.15, -0.1) is 0 Å². The smallest absolute Gasteiger partial charge is 0.323 e. The highest BCUT2D eigenvalue weighted by atomic mass is 32.2. The van der Waals surface area contributed by atoms with Crippen molar-refractivity contribution in [3.05, 3.63) is 34.6 Å². The Hall–Kier alpha value is -1.47. The Kier molecular flexibility index (Phi) is 4.65. The van der Waals surface area contributed by atoms with Gasteiger partial charge in [0, 0.05) is 6.54 Å². The molecule has 0 bridgehead atoms. The third kappa shape index (κ3) is 3.74. The summed E-state index contributed by atoms with van der Waals surface area (Å²) in [5.41, 5.74) is 1.42. The van der Waals surface area contributed by atoms with Crippen molar-refractivity contribution in [1.82, 2.24) is 4.72 Å². The standard InChI is InChI=1S/C12H16FNO4S/c1-7-4-10(5-8(2)11(7)13)6-14-19(17,18)9(3)12(15)16/h4-5,9,14H,6H2,1-3H3,(H,15,16). The molecule has 0 radical (unpaired) electrons. The van der Waals surface area contributed by atoms with Gasteiger partial charge in [0.15, 0.2) is 5.25 Å². The molecule has 0 heterocycles. The predicted molar refractivity (Wildman–Crippen MR) is 68.7 cm³/mol. The van der Waals surface area contributed by atoms with Crippen molar-refractivity contribution in [2.75, 3.05) is 0 Å². The van der Waals surface area contributed by atoms with Gasteiger partial charge in [0.25, 0.3) is 0 Å². The van der Waals surface area contributed by atoms with Crippen LogP contribution < -0.4 is 4.72 Å². The van der Waals surface area contributed by atoms with Crippen molar-refractivity contribution in [3.63, 3.8) is 0 Å². The van der Waals surface area contributed by atoms with Crippen molar-refractivity contribution >= 4 is 16.0 Å². The summed E-state index contributed by atoms with van der Waals surface area (Å²) in [6.45, 7) is 4.19.